The van der Waals surface area contributed by atoms with Crippen molar-refractivity contribution in [3.63, 3.8) is 0 Å². The van der Waals surface area contributed by atoms with Crippen molar-refractivity contribution in [2.45, 2.75) is 17.8 Å². The zero-order valence-electron chi connectivity index (χ0n) is 11.5. The van der Waals surface area contributed by atoms with Gasteiger partial charge in [-0.3, -0.25) is 4.79 Å². The summed E-state index contributed by atoms with van der Waals surface area (Å²) >= 11 is 7.17. The van der Waals surface area contributed by atoms with Crippen LogP contribution in [0.2, 0.25) is 5.02 Å². The highest BCUT2D eigenvalue weighted by Crippen LogP contribution is 2.21. The Labute approximate surface area is 134 Å². The van der Waals surface area contributed by atoms with Gasteiger partial charge in [-0.2, -0.15) is 4.98 Å². The van der Waals surface area contributed by atoms with E-state index in [9.17, 15) is 4.79 Å². The number of thioether (sulfide) groups is 1. The van der Waals surface area contributed by atoms with Gasteiger partial charge in [-0.15, -0.1) is 0 Å². The van der Waals surface area contributed by atoms with Crippen LogP contribution in [0.1, 0.15) is 11.6 Å². The van der Waals surface area contributed by atoms with Crippen molar-refractivity contribution in [2.24, 2.45) is 0 Å². The van der Waals surface area contributed by atoms with E-state index < -0.39 is 0 Å². The summed E-state index contributed by atoms with van der Waals surface area (Å²) in [6, 6.07) is 8.62. The second-order valence-corrected chi connectivity index (χ2v) is 5.90. The van der Waals surface area contributed by atoms with Crippen LogP contribution in [-0.4, -0.2) is 20.1 Å². The second-order valence-electron chi connectivity index (χ2n) is 4.50. The summed E-state index contributed by atoms with van der Waals surface area (Å²) in [5.41, 5.74) is 1.31. The Kier molecular flexibility index (Phi) is 4.26. The van der Waals surface area contributed by atoms with Crippen LogP contribution in [0.25, 0.3) is 11.4 Å². The zero-order chi connectivity index (χ0) is 15.5. The number of nitrogens with zero attached hydrogens (tertiary/aromatic N) is 3. The smallest absolute Gasteiger partial charge is 0.251 e. The summed E-state index contributed by atoms with van der Waals surface area (Å²) < 4.78 is 5.20. The Morgan fingerprint density at radius 1 is 1.27 bits per heavy atom. The van der Waals surface area contributed by atoms with Crippen LogP contribution >= 0.6 is 23.4 Å². The molecule has 112 valence electrons. The second kappa shape index (κ2) is 6.33. The lowest BCUT2D eigenvalue weighted by atomic mass is 10.2. The summed E-state index contributed by atoms with van der Waals surface area (Å²) in [4.78, 5) is 22.6. The summed E-state index contributed by atoms with van der Waals surface area (Å²) in [5.74, 6) is 1.38. The van der Waals surface area contributed by atoms with E-state index in [2.05, 4.69) is 20.1 Å². The highest BCUT2D eigenvalue weighted by molar-refractivity contribution is 7.98. The number of aromatic nitrogens is 4. The topological polar surface area (TPSA) is 84.7 Å². The van der Waals surface area contributed by atoms with Gasteiger partial charge < -0.3 is 9.51 Å². The standard InChI is InChI=1S/C14H11ClN4O2S/c1-8-6-11(20)17-14(16-8)22-7-12-18-13(19-21-12)9-2-4-10(15)5-3-9/h2-6H,7H2,1H3,(H,16,17,20). The van der Waals surface area contributed by atoms with Gasteiger partial charge in [0, 0.05) is 22.3 Å². The fraction of sp³-hybridized carbons (Fsp3) is 0.143. The average molecular weight is 335 g/mol. The first-order valence-electron chi connectivity index (χ1n) is 6.39. The van der Waals surface area contributed by atoms with Crippen molar-refractivity contribution < 1.29 is 4.52 Å². The molecule has 0 spiro atoms. The SMILES string of the molecule is Cc1cc(=O)[nH]c(SCc2nc(-c3ccc(Cl)cc3)no2)n1. The molecule has 22 heavy (non-hydrogen) atoms. The molecule has 0 amide bonds. The minimum Gasteiger partial charge on any atom is -0.338 e. The van der Waals surface area contributed by atoms with Gasteiger partial charge in [0.15, 0.2) is 5.16 Å². The van der Waals surface area contributed by atoms with Crippen molar-refractivity contribution in [3.05, 3.63) is 57.3 Å². The summed E-state index contributed by atoms with van der Waals surface area (Å²) in [6.07, 6.45) is 0. The van der Waals surface area contributed by atoms with Gasteiger partial charge in [-0.05, 0) is 31.2 Å². The molecular weight excluding hydrogens is 324 g/mol. The largest absolute Gasteiger partial charge is 0.338 e. The Hall–Kier alpha value is -2.12. The van der Waals surface area contributed by atoms with E-state index in [-0.39, 0.29) is 5.56 Å². The molecule has 2 aromatic heterocycles. The lowest BCUT2D eigenvalue weighted by Gasteiger charge is -1.98. The zero-order valence-corrected chi connectivity index (χ0v) is 13.1. The van der Waals surface area contributed by atoms with E-state index in [0.29, 0.717) is 33.3 Å². The summed E-state index contributed by atoms with van der Waals surface area (Å²) in [7, 11) is 0. The maximum absolute atomic E-state index is 11.4. The van der Waals surface area contributed by atoms with Crippen molar-refractivity contribution >= 4 is 23.4 Å². The third kappa shape index (κ3) is 3.55. The Balaban J connectivity index is 1.71. The first-order chi connectivity index (χ1) is 10.6. The Morgan fingerprint density at radius 3 is 2.77 bits per heavy atom. The van der Waals surface area contributed by atoms with Crippen LogP contribution in [0.3, 0.4) is 0 Å². The molecule has 0 unspecified atom stereocenters. The number of aryl methyl sites for hydroxylation is 1. The molecular formula is C14H11ClN4O2S. The first kappa shape index (κ1) is 14.8. The molecule has 0 fully saturated rings. The van der Waals surface area contributed by atoms with E-state index in [0.717, 1.165) is 5.56 Å². The molecule has 3 aromatic rings. The van der Waals surface area contributed by atoms with Crippen molar-refractivity contribution in [3.8, 4) is 11.4 Å². The van der Waals surface area contributed by atoms with Crippen LogP contribution in [0.4, 0.5) is 0 Å². The van der Waals surface area contributed by atoms with Gasteiger partial charge in [0.05, 0.1) is 5.75 Å². The van der Waals surface area contributed by atoms with Gasteiger partial charge in [0.25, 0.3) is 5.56 Å². The number of benzene rings is 1. The number of rotatable bonds is 4. The molecule has 0 aliphatic rings. The predicted molar refractivity (Wildman–Crippen MR) is 83.9 cm³/mol. The fourth-order valence-electron chi connectivity index (χ4n) is 1.78. The van der Waals surface area contributed by atoms with E-state index in [1.165, 1.54) is 17.8 Å². The van der Waals surface area contributed by atoms with E-state index >= 15 is 0 Å². The van der Waals surface area contributed by atoms with E-state index in [4.69, 9.17) is 16.1 Å². The number of nitrogens with one attached hydrogen (secondary N) is 1. The van der Waals surface area contributed by atoms with Gasteiger partial charge in [0.2, 0.25) is 11.7 Å². The van der Waals surface area contributed by atoms with Crippen molar-refractivity contribution in [2.75, 3.05) is 0 Å². The fourth-order valence-corrected chi connectivity index (χ4v) is 2.66. The maximum atomic E-state index is 11.4. The minimum atomic E-state index is -0.178. The van der Waals surface area contributed by atoms with Crippen molar-refractivity contribution in [1.29, 1.82) is 0 Å². The van der Waals surface area contributed by atoms with Crippen LogP contribution in [0.5, 0.6) is 0 Å². The molecule has 8 heteroatoms. The minimum absolute atomic E-state index is 0.178. The molecule has 2 heterocycles. The Bertz CT molecular complexity index is 845. The van der Waals surface area contributed by atoms with Crippen molar-refractivity contribution in [1.82, 2.24) is 20.1 Å². The number of H-pyrrole nitrogens is 1. The third-order valence-electron chi connectivity index (χ3n) is 2.75. The van der Waals surface area contributed by atoms with Crippen LogP contribution in [0.15, 0.2) is 44.8 Å². The maximum Gasteiger partial charge on any atom is 0.251 e. The molecule has 0 radical (unpaired) electrons. The number of aromatic amines is 1. The molecule has 0 aliphatic heterocycles. The molecule has 0 bridgehead atoms. The van der Waals surface area contributed by atoms with Gasteiger partial charge in [-0.25, -0.2) is 4.98 Å². The molecule has 1 N–H and O–H groups in total. The molecule has 0 aliphatic carbocycles. The lowest BCUT2D eigenvalue weighted by Crippen LogP contribution is -2.08. The molecule has 0 saturated carbocycles. The summed E-state index contributed by atoms with van der Waals surface area (Å²) in [5, 5.41) is 5.10. The van der Waals surface area contributed by atoms with Gasteiger partial charge in [0.1, 0.15) is 0 Å². The quantitative estimate of drug-likeness (QED) is 0.583. The molecule has 0 saturated heterocycles. The number of halogens is 1. The van der Waals surface area contributed by atoms with Crippen LogP contribution in [0, 0.1) is 6.92 Å². The first-order valence-corrected chi connectivity index (χ1v) is 7.76. The molecule has 1 aromatic carbocycles. The van der Waals surface area contributed by atoms with Gasteiger partial charge >= 0.3 is 0 Å². The third-order valence-corrected chi connectivity index (χ3v) is 3.86. The highest BCUT2D eigenvalue weighted by atomic mass is 35.5. The number of hydrogen-bond acceptors (Lipinski definition) is 6. The van der Waals surface area contributed by atoms with E-state index in [1.807, 2.05) is 12.1 Å². The van der Waals surface area contributed by atoms with Crippen LogP contribution in [-0.2, 0) is 5.75 Å². The average Bonchev–Trinajstić information content (AvgIpc) is 2.94. The lowest BCUT2D eigenvalue weighted by molar-refractivity contribution is 0.391. The normalized spacial score (nSPS) is 10.8. The highest BCUT2D eigenvalue weighted by Gasteiger charge is 2.10. The van der Waals surface area contributed by atoms with Gasteiger partial charge in [-0.1, -0.05) is 28.5 Å². The Morgan fingerprint density at radius 2 is 2.05 bits per heavy atom. The monoisotopic (exact) mass is 334 g/mol. The molecule has 0 atom stereocenters. The van der Waals surface area contributed by atoms with E-state index in [1.54, 1.807) is 19.1 Å². The molecule has 3 rings (SSSR count). The van der Waals surface area contributed by atoms with Crippen LogP contribution < -0.4 is 5.56 Å². The molecule has 6 nitrogen and oxygen atoms in total. The number of hydrogen-bond donors (Lipinski definition) is 1. The summed E-state index contributed by atoms with van der Waals surface area (Å²) in [6.45, 7) is 1.77. The predicted octanol–water partition coefficient (Wildman–Crippen LogP) is 3.07.